The van der Waals surface area contributed by atoms with E-state index in [-0.39, 0.29) is 24.8 Å². The lowest BCUT2D eigenvalue weighted by molar-refractivity contribution is -0.0546. The van der Waals surface area contributed by atoms with Crippen molar-refractivity contribution < 1.29 is 8.78 Å². The quantitative estimate of drug-likeness (QED) is 0.813. The third kappa shape index (κ3) is 2.56. The van der Waals surface area contributed by atoms with E-state index in [4.69, 9.17) is 5.73 Å². The van der Waals surface area contributed by atoms with E-state index < -0.39 is 5.92 Å². The van der Waals surface area contributed by atoms with Gasteiger partial charge in [-0.25, -0.2) is 8.78 Å². The highest BCUT2D eigenvalue weighted by Gasteiger charge is 2.53. The van der Waals surface area contributed by atoms with Crippen molar-refractivity contribution >= 4 is 0 Å². The maximum Gasteiger partial charge on any atom is 0.248 e. The van der Waals surface area contributed by atoms with Gasteiger partial charge in [-0.2, -0.15) is 0 Å². The van der Waals surface area contributed by atoms with Crippen molar-refractivity contribution in [2.45, 2.75) is 69.8 Å². The van der Waals surface area contributed by atoms with E-state index in [9.17, 15) is 8.78 Å². The van der Waals surface area contributed by atoms with Crippen molar-refractivity contribution in [1.29, 1.82) is 0 Å². The van der Waals surface area contributed by atoms with Crippen molar-refractivity contribution in [1.82, 2.24) is 0 Å². The fraction of sp³-hybridized carbons (Fsp3) is 1.00. The number of rotatable bonds is 3. The van der Waals surface area contributed by atoms with Crippen LogP contribution >= 0.6 is 0 Å². The van der Waals surface area contributed by atoms with Gasteiger partial charge in [0.05, 0.1) is 0 Å². The maximum absolute atomic E-state index is 13.4. The summed E-state index contributed by atoms with van der Waals surface area (Å²) in [6.07, 6.45) is 8.04. The van der Waals surface area contributed by atoms with E-state index in [1.165, 1.54) is 25.7 Å². The number of hydrogen-bond donors (Lipinski definition) is 1. The molecular formula is C15H25F2N. The molecule has 3 fully saturated rings. The molecule has 1 nitrogen and oxygen atoms in total. The smallest absolute Gasteiger partial charge is 0.248 e. The zero-order chi connectivity index (χ0) is 12.8. The van der Waals surface area contributed by atoms with Gasteiger partial charge >= 0.3 is 0 Å². The monoisotopic (exact) mass is 257 g/mol. The molecule has 0 aliphatic heterocycles. The topological polar surface area (TPSA) is 26.0 Å². The van der Waals surface area contributed by atoms with E-state index in [1.54, 1.807) is 0 Å². The number of alkyl halides is 2. The normalized spacial score (nSPS) is 44.2. The molecule has 0 amide bonds. The molecule has 18 heavy (non-hydrogen) atoms. The lowest BCUT2D eigenvalue weighted by Crippen LogP contribution is -2.32. The van der Waals surface area contributed by atoms with Crippen molar-refractivity contribution in [3.05, 3.63) is 0 Å². The fourth-order valence-electron chi connectivity index (χ4n) is 4.70. The number of hydrogen-bond acceptors (Lipinski definition) is 1. The molecule has 0 aromatic heterocycles. The van der Waals surface area contributed by atoms with E-state index in [0.717, 1.165) is 24.7 Å². The molecule has 3 saturated carbocycles. The van der Waals surface area contributed by atoms with Crippen LogP contribution in [0.3, 0.4) is 0 Å². The predicted octanol–water partition coefficient (Wildman–Crippen LogP) is 3.97. The van der Waals surface area contributed by atoms with Crippen LogP contribution in [0, 0.1) is 23.7 Å². The third-order valence-electron chi connectivity index (χ3n) is 5.56. The second-order valence-electron chi connectivity index (χ2n) is 6.91. The Labute approximate surface area is 109 Å². The Morgan fingerprint density at radius 1 is 1.06 bits per heavy atom. The predicted molar refractivity (Wildman–Crippen MR) is 68.4 cm³/mol. The standard InChI is InChI=1S/C15H25F2N/c16-15(17)7-3-4-10(9-15)8-13(18)14-11-5-1-2-6-12(11)14/h10-14H,1-9,18H2. The molecule has 104 valence electrons. The van der Waals surface area contributed by atoms with Gasteiger partial charge in [0, 0.05) is 18.9 Å². The summed E-state index contributed by atoms with van der Waals surface area (Å²) in [7, 11) is 0. The average molecular weight is 257 g/mol. The van der Waals surface area contributed by atoms with E-state index in [2.05, 4.69) is 0 Å². The summed E-state index contributed by atoms with van der Waals surface area (Å²) in [5.74, 6) is 0.115. The lowest BCUT2D eigenvalue weighted by Gasteiger charge is -2.30. The summed E-state index contributed by atoms with van der Waals surface area (Å²) in [4.78, 5) is 0. The van der Waals surface area contributed by atoms with Gasteiger partial charge in [-0.3, -0.25) is 0 Å². The number of halogens is 2. The van der Waals surface area contributed by atoms with Gasteiger partial charge < -0.3 is 5.73 Å². The molecule has 3 heteroatoms. The molecule has 2 N–H and O–H groups in total. The van der Waals surface area contributed by atoms with Crippen LogP contribution in [0.15, 0.2) is 0 Å². The zero-order valence-corrected chi connectivity index (χ0v) is 11.1. The Morgan fingerprint density at radius 2 is 1.72 bits per heavy atom. The molecule has 0 aromatic rings. The highest BCUT2D eigenvalue weighted by atomic mass is 19.3. The van der Waals surface area contributed by atoms with E-state index in [0.29, 0.717) is 12.3 Å². The Hall–Kier alpha value is -0.180. The van der Waals surface area contributed by atoms with E-state index in [1.807, 2.05) is 0 Å². The molecule has 4 atom stereocenters. The lowest BCUT2D eigenvalue weighted by atomic mass is 9.81. The number of nitrogens with two attached hydrogens (primary N) is 1. The first-order valence-corrected chi connectivity index (χ1v) is 7.70. The Morgan fingerprint density at radius 3 is 2.33 bits per heavy atom. The molecule has 0 radical (unpaired) electrons. The highest BCUT2D eigenvalue weighted by molar-refractivity contribution is 5.04. The highest BCUT2D eigenvalue weighted by Crippen LogP contribution is 2.57. The summed E-state index contributed by atoms with van der Waals surface area (Å²) >= 11 is 0. The summed E-state index contributed by atoms with van der Waals surface area (Å²) in [6.45, 7) is 0. The first-order valence-electron chi connectivity index (χ1n) is 7.70. The third-order valence-corrected chi connectivity index (χ3v) is 5.56. The van der Waals surface area contributed by atoms with Crippen LogP contribution in [0.1, 0.15) is 57.8 Å². The summed E-state index contributed by atoms with van der Waals surface area (Å²) in [5, 5.41) is 0. The van der Waals surface area contributed by atoms with Gasteiger partial charge in [-0.15, -0.1) is 0 Å². The van der Waals surface area contributed by atoms with Gasteiger partial charge in [0.2, 0.25) is 5.92 Å². The van der Waals surface area contributed by atoms with E-state index >= 15 is 0 Å². The van der Waals surface area contributed by atoms with Crippen molar-refractivity contribution in [2.75, 3.05) is 0 Å². The zero-order valence-electron chi connectivity index (χ0n) is 11.1. The Kier molecular flexibility index (Phi) is 3.38. The summed E-state index contributed by atoms with van der Waals surface area (Å²) in [5.41, 5.74) is 6.31. The molecule has 0 spiro atoms. The summed E-state index contributed by atoms with van der Waals surface area (Å²) in [6, 6.07) is 0.192. The fourth-order valence-corrected chi connectivity index (χ4v) is 4.70. The Bertz CT molecular complexity index is 293. The summed E-state index contributed by atoms with van der Waals surface area (Å²) < 4.78 is 26.8. The second kappa shape index (κ2) is 4.73. The second-order valence-corrected chi connectivity index (χ2v) is 6.91. The van der Waals surface area contributed by atoms with Crippen LogP contribution in [0.2, 0.25) is 0 Å². The SMILES string of the molecule is NC(CC1CCCC(F)(F)C1)C1C2CCCCC21. The van der Waals surface area contributed by atoms with Crippen LogP contribution in [0.25, 0.3) is 0 Å². The first-order chi connectivity index (χ1) is 8.57. The molecule has 3 rings (SSSR count). The molecule has 0 bridgehead atoms. The van der Waals surface area contributed by atoms with Crippen LogP contribution in [-0.4, -0.2) is 12.0 Å². The Balaban J connectivity index is 1.50. The number of fused-ring (bicyclic) bond motifs is 1. The molecule has 4 unspecified atom stereocenters. The van der Waals surface area contributed by atoms with Gasteiger partial charge in [0.15, 0.2) is 0 Å². The first kappa shape index (κ1) is 12.8. The molecular weight excluding hydrogens is 232 g/mol. The molecule has 3 aliphatic carbocycles. The largest absolute Gasteiger partial charge is 0.327 e. The van der Waals surface area contributed by atoms with Crippen LogP contribution in [-0.2, 0) is 0 Å². The van der Waals surface area contributed by atoms with Gasteiger partial charge in [0.25, 0.3) is 0 Å². The van der Waals surface area contributed by atoms with Crippen LogP contribution in [0.5, 0.6) is 0 Å². The van der Waals surface area contributed by atoms with Crippen molar-refractivity contribution in [2.24, 2.45) is 29.4 Å². The molecule has 0 saturated heterocycles. The molecule has 0 aromatic carbocycles. The van der Waals surface area contributed by atoms with Crippen molar-refractivity contribution in [3.63, 3.8) is 0 Å². The average Bonchev–Trinajstić information content (AvgIpc) is 3.01. The van der Waals surface area contributed by atoms with Gasteiger partial charge in [-0.1, -0.05) is 12.8 Å². The maximum atomic E-state index is 13.4. The van der Waals surface area contributed by atoms with Crippen LogP contribution in [0.4, 0.5) is 8.78 Å². The molecule has 0 heterocycles. The minimum atomic E-state index is -2.42. The van der Waals surface area contributed by atoms with Crippen molar-refractivity contribution in [3.8, 4) is 0 Å². The van der Waals surface area contributed by atoms with Gasteiger partial charge in [0.1, 0.15) is 0 Å². The minimum Gasteiger partial charge on any atom is -0.327 e. The van der Waals surface area contributed by atoms with Crippen LogP contribution < -0.4 is 5.73 Å². The van der Waals surface area contributed by atoms with Gasteiger partial charge in [-0.05, 0) is 55.8 Å². The molecule has 3 aliphatic rings. The minimum absolute atomic E-state index is 0.0861.